The van der Waals surface area contributed by atoms with E-state index in [0.29, 0.717) is 26.4 Å². The molecule has 6 heteroatoms. The molecule has 11 aromatic rings. The molecule has 10 aromatic carbocycles. The lowest BCUT2D eigenvalue weighted by Gasteiger charge is -2.29. The van der Waals surface area contributed by atoms with E-state index in [-0.39, 0.29) is 12.2 Å². The minimum atomic E-state index is 0.0618. The van der Waals surface area contributed by atoms with E-state index in [4.69, 9.17) is 18.9 Å². The van der Waals surface area contributed by atoms with E-state index in [2.05, 4.69) is 265 Å². The summed E-state index contributed by atoms with van der Waals surface area (Å²) in [6, 6.07) is 86.8. The van der Waals surface area contributed by atoms with Gasteiger partial charge in [0.1, 0.15) is 24.7 Å². The highest BCUT2D eigenvalue weighted by Crippen LogP contribution is 2.41. The Bertz CT molecular complexity index is 3950. The number of nitrogens with zero attached hydrogens (tertiary/aromatic N) is 2. The molecule has 2 unspecified atom stereocenters. The van der Waals surface area contributed by atoms with Crippen LogP contribution in [-0.2, 0) is 15.9 Å². The molecule has 0 amide bonds. The molecule has 0 saturated heterocycles. The lowest BCUT2D eigenvalue weighted by Crippen LogP contribution is -2.22. The number of hydrogen-bond donors (Lipinski definition) is 0. The number of ether oxygens (including phenoxy) is 4. The zero-order chi connectivity index (χ0) is 54.3. The van der Waals surface area contributed by atoms with Gasteiger partial charge in [-0.15, -0.1) is 0 Å². The quantitative estimate of drug-likeness (QED) is 0.0802. The molecule has 0 radical (unpaired) electrons. The fourth-order valence-electron chi connectivity index (χ4n) is 11.4. The molecule has 0 N–H and O–H groups in total. The van der Waals surface area contributed by atoms with Gasteiger partial charge in [0.25, 0.3) is 0 Å². The standard InChI is InChI=1S/C75H62N2O4/c1-53-15-5-2-10-21-67(47-53)78-43-44-79-68-48-62(49-69(52-68)80-45-46-81-75-51-61-20-11-12-22-70(61)75)59-31-40-66(41-32-59)77-73-24-14-13-23-71(73)72-50-60(33-42-74(72)77)58-29-38-65(39-30-58)76(63-34-25-56(26-35-63)54-16-6-3-7-17-54)64-36-27-57(28-37-64)55-18-8-4-9-19-55/h2-20,22-42,48-50,52,67,75H,1,21,43-47,51H2/b10-2-,15-5-. The van der Waals surface area contributed by atoms with Crippen molar-refractivity contribution in [3.05, 3.63) is 290 Å². The lowest BCUT2D eigenvalue weighted by molar-refractivity contribution is 0.0194. The van der Waals surface area contributed by atoms with Gasteiger partial charge in [-0.05, 0) is 147 Å². The molecule has 0 bridgehead atoms. The summed E-state index contributed by atoms with van der Waals surface area (Å²) in [5.41, 5.74) is 19.5. The topological polar surface area (TPSA) is 45.1 Å². The molecule has 13 rings (SSSR count). The van der Waals surface area contributed by atoms with E-state index in [0.717, 1.165) is 92.4 Å². The van der Waals surface area contributed by atoms with Crippen LogP contribution < -0.4 is 14.4 Å². The third-order valence-electron chi connectivity index (χ3n) is 15.6. The number of aromatic nitrogens is 1. The Morgan fingerprint density at radius 3 is 1.58 bits per heavy atom. The Hall–Kier alpha value is -9.46. The van der Waals surface area contributed by atoms with Crippen LogP contribution in [0, 0.1) is 0 Å². The number of rotatable bonds is 18. The van der Waals surface area contributed by atoms with E-state index < -0.39 is 0 Å². The number of hydrogen-bond acceptors (Lipinski definition) is 5. The van der Waals surface area contributed by atoms with E-state index in [9.17, 15) is 0 Å². The van der Waals surface area contributed by atoms with E-state index in [1.165, 1.54) is 44.2 Å². The Kier molecular flexibility index (Phi) is 14.8. The summed E-state index contributed by atoms with van der Waals surface area (Å²) in [5, 5.41) is 2.40. The van der Waals surface area contributed by atoms with E-state index in [1.807, 2.05) is 18.2 Å². The number of anilines is 3. The van der Waals surface area contributed by atoms with Crippen molar-refractivity contribution in [3.8, 4) is 61.7 Å². The van der Waals surface area contributed by atoms with Crippen molar-refractivity contribution >= 4 is 38.9 Å². The van der Waals surface area contributed by atoms with Crippen LogP contribution in [0.15, 0.2) is 279 Å². The van der Waals surface area contributed by atoms with Gasteiger partial charge in [-0.1, -0.05) is 194 Å². The monoisotopic (exact) mass is 1050 g/mol. The van der Waals surface area contributed by atoms with Crippen molar-refractivity contribution in [1.82, 2.24) is 4.57 Å². The van der Waals surface area contributed by atoms with Crippen LogP contribution in [-0.4, -0.2) is 37.1 Å². The van der Waals surface area contributed by atoms with Gasteiger partial charge >= 0.3 is 0 Å². The Balaban J connectivity index is 0.759. The summed E-state index contributed by atoms with van der Waals surface area (Å²) in [7, 11) is 0. The Morgan fingerprint density at radius 1 is 0.420 bits per heavy atom. The first-order valence-corrected chi connectivity index (χ1v) is 28.1. The number of allylic oxidation sites excluding steroid dienone is 3. The molecule has 6 nitrogen and oxygen atoms in total. The fourth-order valence-corrected chi connectivity index (χ4v) is 11.4. The molecule has 0 saturated carbocycles. The maximum absolute atomic E-state index is 6.40. The normalized spacial score (nSPS) is 15.5. The van der Waals surface area contributed by atoms with Gasteiger partial charge < -0.3 is 28.4 Å². The average molecular weight is 1060 g/mol. The maximum Gasteiger partial charge on any atom is 0.123 e. The van der Waals surface area contributed by atoms with Crippen molar-refractivity contribution in [2.45, 2.75) is 31.5 Å². The first-order chi connectivity index (χ1) is 40.0. The number of benzene rings is 10. The molecule has 2 aliphatic carbocycles. The van der Waals surface area contributed by atoms with E-state index >= 15 is 0 Å². The zero-order valence-corrected chi connectivity index (χ0v) is 45.2. The van der Waals surface area contributed by atoms with Gasteiger partial charge in [-0.2, -0.15) is 0 Å². The fraction of sp³-hybridized carbons (Fsp3) is 0.120. The lowest BCUT2D eigenvalue weighted by atomic mass is 9.85. The van der Waals surface area contributed by atoms with Gasteiger partial charge in [-0.25, -0.2) is 0 Å². The van der Waals surface area contributed by atoms with Crippen LogP contribution >= 0.6 is 0 Å². The molecule has 1 aromatic heterocycles. The van der Waals surface area contributed by atoms with Gasteiger partial charge in [0.05, 0.1) is 36.5 Å². The summed E-state index contributed by atoms with van der Waals surface area (Å²) in [6.45, 7) is 5.96. The summed E-state index contributed by atoms with van der Waals surface area (Å²) in [5.74, 6) is 1.45. The molecule has 396 valence electrons. The predicted octanol–water partition coefficient (Wildman–Crippen LogP) is 18.8. The molecular formula is C75H62N2O4. The van der Waals surface area contributed by atoms with Crippen LogP contribution in [0.3, 0.4) is 0 Å². The summed E-state index contributed by atoms with van der Waals surface area (Å²) in [4.78, 5) is 2.34. The second kappa shape index (κ2) is 23.5. The predicted molar refractivity (Wildman–Crippen MR) is 333 cm³/mol. The van der Waals surface area contributed by atoms with Crippen LogP contribution in [0.5, 0.6) is 11.5 Å². The highest BCUT2D eigenvalue weighted by atomic mass is 16.5. The van der Waals surface area contributed by atoms with Gasteiger partial charge in [0.2, 0.25) is 0 Å². The second-order valence-electron chi connectivity index (χ2n) is 20.9. The van der Waals surface area contributed by atoms with Gasteiger partial charge in [-0.3, -0.25) is 0 Å². The smallest absolute Gasteiger partial charge is 0.123 e. The van der Waals surface area contributed by atoms with Crippen molar-refractivity contribution < 1.29 is 18.9 Å². The maximum atomic E-state index is 6.40. The largest absolute Gasteiger partial charge is 0.491 e. The van der Waals surface area contributed by atoms with Crippen LogP contribution in [0.25, 0.3) is 72.0 Å². The molecule has 2 aliphatic rings. The first kappa shape index (κ1) is 51.0. The van der Waals surface area contributed by atoms with Crippen LogP contribution in [0.2, 0.25) is 0 Å². The number of para-hydroxylation sites is 1. The molecule has 0 aliphatic heterocycles. The minimum Gasteiger partial charge on any atom is -0.491 e. The van der Waals surface area contributed by atoms with Crippen molar-refractivity contribution in [2.75, 3.05) is 31.3 Å². The zero-order valence-electron chi connectivity index (χ0n) is 45.2. The average Bonchev–Trinajstić information content (AvgIpc) is 4.02. The number of fused-ring (bicyclic) bond motifs is 4. The summed E-state index contributed by atoms with van der Waals surface area (Å²) >= 11 is 0. The van der Waals surface area contributed by atoms with Crippen LogP contribution in [0.4, 0.5) is 17.1 Å². The third kappa shape index (κ3) is 11.3. The second-order valence-corrected chi connectivity index (χ2v) is 20.9. The molecule has 0 fully saturated rings. The van der Waals surface area contributed by atoms with Gasteiger partial charge in [0, 0.05) is 46.0 Å². The van der Waals surface area contributed by atoms with Crippen molar-refractivity contribution in [1.29, 1.82) is 0 Å². The van der Waals surface area contributed by atoms with Gasteiger partial charge in [0.15, 0.2) is 0 Å². The Morgan fingerprint density at radius 2 is 0.938 bits per heavy atom. The minimum absolute atomic E-state index is 0.0618. The third-order valence-corrected chi connectivity index (χ3v) is 15.6. The molecular weight excluding hydrogens is 993 g/mol. The van der Waals surface area contributed by atoms with Crippen LogP contribution in [0.1, 0.15) is 30.1 Å². The van der Waals surface area contributed by atoms with E-state index in [1.54, 1.807) is 0 Å². The molecule has 1 heterocycles. The summed E-state index contributed by atoms with van der Waals surface area (Å²) < 4.78 is 27.7. The highest BCUT2D eigenvalue weighted by Gasteiger charge is 2.26. The van der Waals surface area contributed by atoms with Crippen molar-refractivity contribution in [2.24, 2.45) is 0 Å². The Labute approximate surface area is 474 Å². The molecule has 81 heavy (non-hydrogen) atoms. The summed E-state index contributed by atoms with van der Waals surface area (Å²) in [6.07, 6.45) is 11.0. The van der Waals surface area contributed by atoms with Crippen molar-refractivity contribution in [3.63, 3.8) is 0 Å². The molecule has 2 atom stereocenters. The highest BCUT2D eigenvalue weighted by molar-refractivity contribution is 6.10. The molecule has 0 spiro atoms. The first-order valence-electron chi connectivity index (χ1n) is 28.1. The SMILES string of the molecule is C=C1/C=C\C=C/CC(OCCOc2cc(OCCOC3Cc4ccccc43)cc(-c3ccc(-n4c5ccccc5c5cc(-c6ccc(N(c7ccc(-c8ccccc8)cc7)c7ccc(-c8ccccc8)cc7)cc6)ccc54)cc3)c2)C1.